The summed E-state index contributed by atoms with van der Waals surface area (Å²) in [4.78, 5) is 33.1. The normalized spacial score (nSPS) is 22.6. The number of benzene rings is 2. The quantitative estimate of drug-likeness (QED) is 0.341. The molecule has 2 fully saturated rings. The summed E-state index contributed by atoms with van der Waals surface area (Å²) in [5, 5.41) is 30.6. The number of rotatable bonds is 8. The van der Waals surface area contributed by atoms with Gasteiger partial charge in [-0.2, -0.15) is 0 Å². The van der Waals surface area contributed by atoms with Crippen LogP contribution in [-0.2, 0) is 6.42 Å². The second kappa shape index (κ2) is 11.5. The van der Waals surface area contributed by atoms with Gasteiger partial charge in [0.25, 0.3) is 11.8 Å². The fourth-order valence-electron chi connectivity index (χ4n) is 5.50. The number of carbonyl (C=O) groups excluding carboxylic acids is 2. The first-order chi connectivity index (χ1) is 18.7. The average molecular weight is 553 g/mol. The molecule has 1 aromatic heterocycles. The van der Waals surface area contributed by atoms with Gasteiger partial charge in [0.15, 0.2) is 0 Å². The number of hydrogen-bond donors (Lipinski definition) is 4. The molecule has 39 heavy (non-hydrogen) atoms. The van der Waals surface area contributed by atoms with Crippen molar-refractivity contribution in [3.8, 4) is 0 Å². The minimum absolute atomic E-state index is 0.0316. The van der Waals surface area contributed by atoms with Crippen molar-refractivity contribution in [2.45, 2.75) is 62.9 Å². The van der Waals surface area contributed by atoms with Gasteiger partial charge in [-0.05, 0) is 69.3 Å². The summed E-state index contributed by atoms with van der Waals surface area (Å²) < 4.78 is 14.7. The summed E-state index contributed by atoms with van der Waals surface area (Å²) in [5.41, 5.74) is 0.251. The minimum Gasteiger partial charge on any atom is -0.386 e. The first kappa shape index (κ1) is 27.4. The van der Waals surface area contributed by atoms with Gasteiger partial charge in [0, 0.05) is 28.7 Å². The molecule has 0 unspecified atom stereocenters. The van der Waals surface area contributed by atoms with E-state index in [-0.39, 0.29) is 29.5 Å². The number of halogens is 1. The van der Waals surface area contributed by atoms with E-state index in [1.165, 1.54) is 17.4 Å². The summed E-state index contributed by atoms with van der Waals surface area (Å²) in [7, 11) is 0. The predicted molar refractivity (Wildman–Crippen MR) is 146 cm³/mol. The third kappa shape index (κ3) is 6.04. The number of thiazole rings is 1. The second-order valence-corrected chi connectivity index (χ2v) is 11.3. The molecule has 2 aliphatic rings. The SMILES string of the molecule is Cc1csc([C@H]2CCCN2C(=O)c2cc(F)cc(C(=O)N[C@H](Cc3ccccc3)[C@H](O)[C@]3(O)CCCN3)c2)n1. The smallest absolute Gasteiger partial charge is 0.254 e. The summed E-state index contributed by atoms with van der Waals surface area (Å²) in [6, 6.07) is 11.9. The summed E-state index contributed by atoms with van der Waals surface area (Å²) in [5.74, 6) is -1.70. The topological polar surface area (TPSA) is 115 Å². The molecule has 3 aromatic rings. The van der Waals surface area contributed by atoms with Crippen LogP contribution in [0.4, 0.5) is 4.39 Å². The lowest BCUT2D eigenvalue weighted by Gasteiger charge is -2.35. The molecule has 3 heterocycles. The van der Waals surface area contributed by atoms with Crippen LogP contribution < -0.4 is 10.6 Å². The molecule has 2 saturated heterocycles. The lowest BCUT2D eigenvalue weighted by molar-refractivity contribution is -0.0989. The maximum absolute atomic E-state index is 14.7. The lowest BCUT2D eigenvalue weighted by Crippen LogP contribution is -2.60. The van der Waals surface area contributed by atoms with Gasteiger partial charge in [0.1, 0.15) is 22.7 Å². The summed E-state index contributed by atoms with van der Waals surface area (Å²) in [6.45, 7) is 2.98. The molecule has 0 radical (unpaired) electrons. The van der Waals surface area contributed by atoms with Gasteiger partial charge in [0.05, 0.1) is 12.1 Å². The van der Waals surface area contributed by atoms with E-state index in [2.05, 4.69) is 15.6 Å². The van der Waals surface area contributed by atoms with Gasteiger partial charge in [-0.15, -0.1) is 11.3 Å². The number of nitrogens with zero attached hydrogens (tertiary/aromatic N) is 2. The van der Waals surface area contributed by atoms with Crippen molar-refractivity contribution in [2.24, 2.45) is 0 Å². The fourth-order valence-corrected chi connectivity index (χ4v) is 6.44. The Morgan fingerprint density at radius 2 is 2.00 bits per heavy atom. The van der Waals surface area contributed by atoms with Crippen LogP contribution in [0.25, 0.3) is 0 Å². The lowest BCUT2D eigenvalue weighted by atomic mass is 9.92. The molecule has 0 saturated carbocycles. The molecule has 2 amide bonds. The Kier molecular flexibility index (Phi) is 8.08. The monoisotopic (exact) mass is 552 g/mol. The van der Waals surface area contributed by atoms with Crippen LogP contribution in [0, 0.1) is 12.7 Å². The number of nitrogens with one attached hydrogen (secondary N) is 2. The third-order valence-corrected chi connectivity index (χ3v) is 8.56. The number of aromatic nitrogens is 1. The van der Waals surface area contributed by atoms with Crippen molar-refractivity contribution in [1.29, 1.82) is 0 Å². The number of aliphatic hydroxyl groups is 2. The number of aliphatic hydroxyl groups excluding tert-OH is 1. The summed E-state index contributed by atoms with van der Waals surface area (Å²) in [6.07, 6.45) is 1.55. The Balaban J connectivity index is 1.37. The van der Waals surface area contributed by atoms with Crippen molar-refractivity contribution in [2.75, 3.05) is 13.1 Å². The van der Waals surface area contributed by atoms with E-state index in [1.807, 2.05) is 42.6 Å². The maximum Gasteiger partial charge on any atom is 0.254 e. The molecule has 206 valence electrons. The van der Waals surface area contributed by atoms with Gasteiger partial charge in [0.2, 0.25) is 0 Å². The van der Waals surface area contributed by atoms with Crippen LogP contribution in [0.1, 0.15) is 68.7 Å². The molecule has 10 heteroatoms. The second-order valence-electron chi connectivity index (χ2n) is 10.4. The number of carbonyl (C=O) groups is 2. The van der Waals surface area contributed by atoms with E-state index in [1.54, 1.807) is 4.90 Å². The highest BCUT2D eigenvalue weighted by Crippen LogP contribution is 2.35. The Morgan fingerprint density at radius 1 is 1.23 bits per heavy atom. The first-order valence-corrected chi connectivity index (χ1v) is 14.2. The van der Waals surface area contributed by atoms with E-state index < -0.39 is 29.6 Å². The summed E-state index contributed by atoms with van der Waals surface area (Å²) >= 11 is 1.50. The van der Waals surface area contributed by atoms with Gasteiger partial charge >= 0.3 is 0 Å². The predicted octanol–water partition coefficient (Wildman–Crippen LogP) is 3.34. The zero-order valence-electron chi connectivity index (χ0n) is 21.8. The zero-order valence-corrected chi connectivity index (χ0v) is 22.6. The maximum atomic E-state index is 14.7. The highest BCUT2D eigenvalue weighted by Gasteiger charge is 2.43. The molecule has 4 N–H and O–H groups in total. The van der Waals surface area contributed by atoms with E-state index in [4.69, 9.17) is 0 Å². The van der Waals surface area contributed by atoms with Crippen molar-refractivity contribution in [3.05, 3.63) is 87.1 Å². The molecule has 2 aliphatic heterocycles. The molecule has 2 aromatic carbocycles. The molecule has 8 nitrogen and oxygen atoms in total. The van der Waals surface area contributed by atoms with Gasteiger partial charge in [-0.25, -0.2) is 9.37 Å². The first-order valence-electron chi connectivity index (χ1n) is 13.3. The van der Waals surface area contributed by atoms with Crippen molar-refractivity contribution < 1.29 is 24.2 Å². The van der Waals surface area contributed by atoms with Gasteiger partial charge in [-0.1, -0.05) is 30.3 Å². The van der Waals surface area contributed by atoms with E-state index in [9.17, 15) is 24.2 Å². The number of aryl methyl sites for hydroxylation is 1. The minimum atomic E-state index is -1.55. The molecule has 0 spiro atoms. The van der Waals surface area contributed by atoms with Crippen LogP contribution in [-0.4, -0.2) is 62.9 Å². The molecule has 5 rings (SSSR count). The number of hydrogen-bond acceptors (Lipinski definition) is 7. The molecular formula is C29H33FN4O4S. The van der Waals surface area contributed by atoms with Crippen LogP contribution in [0.2, 0.25) is 0 Å². The van der Waals surface area contributed by atoms with E-state index in [0.29, 0.717) is 25.9 Å². The van der Waals surface area contributed by atoms with Crippen LogP contribution >= 0.6 is 11.3 Å². The molecule has 0 bridgehead atoms. The average Bonchev–Trinajstić information content (AvgIpc) is 3.69. The van der Waals surface area contributed by atoms with Crippen LogP contribution in [0.15, 0.2) is 53.9 Å². The van der Waals surface area contributed by atoms with Crippen LogP contribution in [0.3, 0.4) is 0 Å². The Hall–Kier alpha value is -3.18. The van der Waals surface area contributed by atoms with Gasteiger partial charge < -0.3 is 20.4 Å². The highest BCUT2D eigenvalue weighted by molar-refractivity contribution is 7.09. The number of amides is 2. The van der Waals surface area contributed by atoms with Gasteiger partial charge in [-0.3, -0.25) is 14.9 Å². The molecule has 4 atom stereocenters. The number of likely N-dealkylation sites (tertiary alicyclic amines) is 1. The Bertz CT molecular complexity index is 1330. The van der Waals surface area contributed by atoms with E-state index in [0.717, 1.165) is 41.2 Å². The van der Waals surface area contributed by atoms with Crippen LogP contribution in [0.5, 0.6) is 0 Å². The van der Waals surface area contributed by atoms with Crippen molar-refractivity contribution in [1.82, 2.24) is 20.5 Å². The Morgan fingerprint density at radius 3 is 2.69 bits per heavy atom. The van der Waals surface area contributed by atoms with E-state index >= 15 is 0 Å². The fraction of sp³-hybridized carbons (Fsp3) is 0.414. The third-order valence-electron chi connectivity index (χ3n) is 7.49. The highest BCUT2D eigenvalue weighted by atomic mass is 32.1. The molecule has 0 aliphatic carbocycles. The van der Waals surface area contributed by atoms with Crippen molar-refractivity contribution >= 4 is 23.2 Å². The Labute approximate surface area is 230 Å². The molecular weight excluding hydrogens is 519 g/mol. The largest absolute Gasteiger partial charge is 0.386 e. The zero-order chi connectivity index (χ0) is 27.6. The standard InChI is InChI=1S/C29H33FN4O4S/c1-18-17-39-27(32-18)24-9-5-12-34(24)28(37)21-14-20(15-22(30)16-21)26(36)33-23(13-19-7-3-2-4-8-19)25(35)29(38)10-6-11-31-29/h2-4,7-8,14-17,23-25,31,35,38H,5-6,9-13H2,1H3,(H,33,36)/t23-,24-,25+,29-/m1/s1. The van der Waals surface area contributed by atoms with Crippen molar-refractivity contribution in [3.63, 3.8) is 0 Å².